The SMILES string of the molecule is CC(=O)Oc1ccc(C(=O)Nc2ccc(I)cc2)cc1. The molecule has 0 unspecified atom stereocenters. The van der Waals surface area contributed by atoms with E-state index in [1.807, 2.05) is 24.3 Å². The van der Waals surface area contributed by atoms with E-state index in [4.69, 9.17) is 4.74 Å². The fourth-order valence-electron chi connectivity index (χ4n) is 1.58. The van der Waals surface area contributed by atoms with Gasteiger partial charge in [0.15, 0.2) is 0 Å². The zero-order chi connectivity index (χ0) is 14.5. The molecule has 4 nitrogen and oxygen atoms in total. The van der Waals surface area contributed by atoms with E-state index in [1.165, 1.54) is 6.92 Å². The maximum atomic E-state index is 12.0. The van der Waals surface area contributed by atoms with Gasteiger partial charge in [-0.15, -0.1) is 0 Å². The third-order valence-corrected chi connectivity index (χ3v) is 3.20. The molecule has 20 heavy (non-hydrogen) atoms. The lowest BCUT2D eigenvalue weighted by Crippen LogP contribution is -2.11. The third kappa shape index (κ3) is 4.06. The first-order valence-corrected chi connectivity index (χ1v) is 6.98. The van der Waals surface area contributed by atoms with Crippen LogP contribution >= 0.6 is 22.6 Å². The van der Waals surface area contributed by atoms with Crippen LogP contribution in [0.5, 0.6) is 5.75 Å². The van der Waals surface area contributed by atoms with Crippen LogP contribution in [0, 0.1) is 3.57 Å². The second kappa shape index (κ2) is 6.51. The quantitative estimate of drug-likeness (QED) is 0.503. The maximum Gasteiger partial charge on any atom is 0.308 e. The van der Waals surface area contributed by atoms with Crippen LogP contribution in [0.1, 0.15) is 17.3 Å². The maximum absolute atomic E-state index is 12.0. The number of ether oxygens (including phenoxy) is 1. The van der Waals surface area contributed by atoms with Crippen molar-refractivity contribution in [2.24, 2.45) is 0 Å². The number of benzene rings is 2. The van der Waals surface area contributed by atoms with Crippen LogP contribution in [0.25, 0.3) is 0 Å². The number of hydrogen-bond donors (Lipinski definition) is 1. The predicted octanol–water partition coefficient (Wildman–Crippen LogP) is 3.47. The summed E-state index contributed by atoms with van der Waals surface area (Å²) in [5.74, 6) is -0.176. The average Bonchev–Trinajstić information content (AvgIpc) is 2.41. The summed E-state index contributed by atoms with van der Waals surface area (Å²) in [4.78, 5) is 22.8. The van der Waals surface area contributed by atoms with Gasteiger partial charge in [-0.1, -0.05) is 0 Å². The summed E-state index contributed by atoms with van der Waals surface area (Å²) >= 11 is 2.20. The second-order valence-electron chi connectivity index (χ2n) is 4.08. The van der Waals surface area contributed by atoms with Gasteiger partial charge in [-0.2, -0.15) is 0 Å². The van der Waals surface area contributed by atoms with Crippen molar-refractivity contribution in [3.63, 3.8) is 0 Å². The summed E-state index contributed by atoms with van der Waals surface area (Å²) in [5, 5.41) is 2.80. The van der Waals surface area contributed by atoms with Gasteiger partial charge in [0.2, 0.25) is 0 Å². The minimum atomic E-state index is -0.388. The van der Waals surface area contributed by atoms with Crippen molar-refractivity contribution in [3.8, 4) is 5.75 Å². The standard InChI is InChI=1S/C15H12INO3/c1-10(18)20-14-8-2-11(3-9-14)15(19)17-13-6-4-12(16)5-7-13/h2-9H,1H3,(H,17,19). The first kappa shape index (κ1) is 14.5. The zero-order valence-electron chi connectivity index (χ0n) is 10.7. The van der Waals surface area contributed by atoms with Crippen LogP contribution in [-0.2, 0) is 4.79 Å². The Hall–Kier alpha value is -1.89. The number of halogens is 1. The molecular formula is C15H12INO3. The monoisotopic (exact) mass is 381 g/mol. The molecule has 102 valence electrons. The van der Waals surface area contributed by atoms with Crippen molar-refractivity contribution in [2.75, 3.05) is 5.32 Å². The normalized spacial score (nSPS) is 9.90. The molecule has 1 N–H and O–H groups in total. The summed E-state index contributed by atoms with van der Waals surface area (Å²) in [6, 6.07) is 13.9. The molecule has 0 aliphatic carbocycles. The first-order chi connectivity index (χ1) is 9.54. The van der Waals surface area contributed by atoms with Crippen LogP contribution in [0.15, 0.2) is 48.5 Å². The smallest absolute Gasteiger partial charge is 0.308 e. The lowest BCUT2D eigenvalue weighted by atomic mass is 10.2. The van der Waals surface area contributed by atoms with E-state index in [0.29, 0.717) is 11.3 Å². The van der Waals surface area contributed by atoms with Crippen molar-refractivity contribution < 1.29 is 14.3 Å². The Bertz CT molecular complexity index is 621. The van der Waals surface area contributed by atoms with E-state index in [0.717, 1.165) is 9.26 Å². The fourth-order valence-corrected chi connectivity index (χ4v) is 1.94. The molecular weight excluding hydrogens is 369 g/mol. The number of amides is 1. The Morgan fingerprint density at radius 3 is 2.15 bits per heavy atom. The highest BCUT2D eigenvalue weighted by Crippen LogP contribution is 2.15. The molecule has 0 bridgehead atoms. The van der Waals surface area contributed by atoms with Crippen LogP contribution in [0.3, 0.4) is 0 Å². The molecule has 0 saturated carbocycles. The molecule has 0 fully saturated rings. The number of esters is 1. The highest BCUT2D eigenvalue weighted by molar-refractivity contribution is 14.1. The third-order valence-electron chi connectivity index (χ3n) is 2.48. The van der Waals surface area contributed by atoms with Crippen molar-refractivity contribution >= 4 is 40.2 Å². The van der Waals surface area contributed by atoms with Crippen LogP contribution in [0.4, 0.5) is 5.69 Å². The summed E-state index contributed by atoms with van der Waals surface area (Å²) in [6.07, 6.45) is 0. The van der Waals surface area contributed by atoms with Gasteiger partial charge in [-0.25, -0.2) is 0 Å². The van der Waals surface area contributed by atoms with Crippen molar-refractivity contribution in [3.05, 3.63) is 57.7 Å². The highest BCUT2D eigenvalue weighted by atomic mass is 127. The van der Waals surface area contributed by atoms with Gasteiger partial charge >= 0.3 is 5.97 Å². The second-order valence-corrected chi connectivity index (χ2v) is 5.32. The van der Waals surface area contributed by atoms with E-state index in [9.17, 15) is 9.59 Å². The molecule has 0 saturated heterocycles. The van der Waals surface area contributed by atoms with Crippen LogP contribution in [-0.4, -0.2) is 11.9 Å². The molecule has 2 aromatic rings. The Kier molecular flexibility index (Phi) is 4.73. The van der Waals surface area contributed by atoms with E-state index in [-0.39, 0.29) is 11.9 Å². The van der Waals surface area contributed by atoms with Crippen molar-refractivity contribution in [1.29, 1.82) is 0 Å². The van der Waals surface area contributed by atoms with Gasteiger partial charge in [0, 0.05) is 21.7 Å². The predicted molar refractivity (Wildman–Crippen MR) is 84.9 cm³/mol. The molecule has 5 heteroatoms. The number of carbonyl (C=O) groups excluding carboxylic acids is 2. The van der Waals surface area contributed by atoms with Gasteiger partial charge in [0.1, 0.15) is 5.75 Å². The summed E-state index contributed by atoms with van der Waals surface area (Å²) < 4.78 is 6.01. The molecule has 1 amide bonds. The van der Waals surface area contributed by atoms with Crippen molar-refractivity contribution in [1.82, 2.24) is 0 Å². The van der Waals surface area contributed by atoms with Gasteiger partial charge in [0.25, 0.3) is 5.91 Å². The number of rotatable bonds is 3. The van der Waals surface area contributed by atoms with Crippen LogP contribution in [0.2, 0.25) is 0 Å². The van der Waals surface area contributed by atoms with Gasteiger partial charge in [0.05, 0.1) is 0 Å². The summed E-state index contributed by atoms with van der Waals surface area (Å²) in [7, 11) is 0. The van der Waals surface area contributed by atoms with Crippen molar-refractivity contribution in [2.45, 2.75) is 6.92 Å². The molecule has 2 rings (SSSR count). The van der Waals surface area contributed by atoms with Gasteiger partial charge in [-0.05, 0) is 71.1 Å². The summed E-state index contributed by atoms with van der Waals surface area (Å²) in [5.41, 5.74) is 1.24. The molecule has 0 heterocycles. The molecule has 0 radical (unpaired) electrons. The van der Waals surface area contributed by atoms with Gasteiger partial charge in [-0.3, -0.25) is 9.59 Å². The number of carbonyl (C=O) groups is 2. The molecule has 2 aromatic carbocycles. The van der Waals surface area contributed by atoms with E-state index in [1.54, 1.807) is 24.3 Å². The molecule has 0 atom stereocenters. The van der Waals surface area contributed by atoms with E-state index in [2.05, 4.69) is 27.9 Å². The van der Waals surface area contributed by atoms with E-state index >= 15 is 0 Å². The minimum Gasteiger partial charge on any atom is -0.427 e. The minimum absolute atomic E-state index is 0.208. The van der Waals surface area contributed by atoms with Crippen LogP contribution < -0.4 is 10.1 Å². The Morgan fingerprint density at radius 1 is 1.00 bits per heavy atom. The fraction of sp³-hybridized carbons (Fsp3) is 0.0667. The molecule has 0 aliphatic heterocycles. The average molecular weight is 381 g/mol. The topological polar surface area (TPSA) is 55.4 Å². The zero-order valence-corrected chi connectivity index (χ0v) is 12.9. The van der Waals surface area contributed by atoms with E-state index < -0.39 is 0 Å². The number of hydrogen-bond acceptors (Lipinski definition) is 3. The lowest BCUT2D eigenvalue weighted by molar-refractivity contribution is -0.131. The molecule has 0 aliphatic rings. The number of nitrogens with one attached hydrogen (secondary N) is 1. The highest BCUT2D eigenvalue weighted by Gasteiger charge is 2.06. The lowest BCUT2D eigenvalue weighted by Gasteiger charge is -2.06. The Balaban J connectivity index is 2.05. The van der Waals surface area contributed by atoms with Gasteiger partial charge < -0.3 is 10.1 Å². The molecule has 0 aromatic heterocycles. The largest absolute Gasteiger partial charge is 0.427 e. The number of anilines is 1. The Labute approximate surface area is 130 Å². The summed E-state index contributed by atoms with van der Waals surface area (Å²) in [6.45, 7) is 1.33. The molecule has 0 spiro atoms. The Morgan fingerprint density at radius 2 is 1.60 bits per heavy atom. The first-order valence-electron chi connectivity index (χ1n) is 5.90.